The number of carbonyl (C=O) groups is 1. The molecular weight excluding hydrogens is 330 g/mol. The smallest absolute Gasteiger partial charge is 0.287 e. The molecule has 1 aliphatic heterocycles. The zero-order valence-electron chi connectivity index (χ0n) is 13.1. The van der Waals surface area contributed by atoms with Gasteiger partial charge in [-0.05, 0) is 42.7 Å². The Morgan fingerprint density at radius 1 is 1.12 bits per heavy atom. The van der Waals surface area contributed by atoms with Crippen LogP contribution < -0.4 is 15.4 Å². The van der Waals surface area contributed by atoms with Crippen LogP contribution in [0.5, 0.6) is 0 Å². The van der Waals surface area contributed by atoms with E-state index < -0.39 is 21.0 Å². The summed E-state index contributed by atoms with van der Waals surface area (Å²) >= 11 is 0. The summed E-state index contributed by atoms with van der Waals surface area (Å²) in [5.74, 6) is -0.582. The van der Waals surface area contributed by atoms with Gasteiger partial charge in [0.25, 0.3) is 15.9 Å². The predicted molar refractivity (Wildman–Crippen MR) is 89.1 cm³/mol. The van der Waals surface area contributed by atoms with Crippen molar-refractivity contribution in [3.63, 3.8) is 0 Å². The van der Waals surface area contributed by atoms with Gasteiger partial charge in [0.15, 0.2) is 5.76 Å². The zero-order valence-corrected chi connectivity index (χ0v) is 13.9. The molecule has 24 heavy (non-hydrogen) atoms. The number of carbonyl (C=O) groups excluding carboxylic acids is 1. The quantitative estimate of drug-likeness (QED) is 0.850. The number of hydrogen-bond donors (Lipinski definition) is 2. The highest BCUT2D eigenvalue weighted by Gasteiger charge is 2.17. The summed E-state index contributed by atoms with van der Waals surface area (Å²) in [5, 5.41) is 7.20. The Labute approximate surface area is 140 Å². The van der Waals surface area contributed by atoms with Gasteiger partial charge in [0.2, 0.25) is 5.09 Å². The molecule has 2 aromatic rings. The van der Waals surface area contributed by atoms with Crippen molar-refractivity contribution in [1.29, 1.82) is 0 Å². The lowest BCUT2D eigenvalue weighted by Gasteiger charge is -2.17. The number of nitrogens with two attached hydrogens (primary N) is 1. The predicted octanol–water partition coefficient (Wildman–Crippen LogP) is 1.46. The van der Waals surface area contributed by atoms with Gasteiger partial charge in [0.1, 0.15) is 0 Å². The minimum Gasteiger partial charge on any atom is -0.438 e. The largest absolute Gasteiger partial charge is 0.438 e. The first kappa shape index (κ1) is 16.5. The topological polar surface area (TPSA) is 106 Å². The maximum absolute atomic E-state index is 12.0. The standard InChI is InChI=1S/C16H19N3O4S/c17-24(21,22)15-8-7-14(23-15)16(20)18-11-12-3-5-13(6-4-12)19-9-1-2-10-19/h3-8H,1-2,9-11H2,(H,18,20)(H2,17,21,22). The number of benzene rings is 1. The highest BCUT2D eigenvalue weighted by molar-refractivity contribution is 7.89. The van der Waals surface area contributed by atoms with E-state index in [0.29, 0.717) is 6.54 Å². The van der Waals surface area contributed by atoms with E-state index >= 15 is 0 Å². The second-order valence-electron chi connectivity index (χ2n) is 5.71. The van der Waals surface area contributed by atoms with Crippen LogP contribution in [0.15, 0.2) is 45.9 Å². The van der Waals surface area contributed by atoms with Crippen molar-refractivity contribution in [3.05, 3.63) is 47.7 Å². The van der Waals surface area contributed by atoms with Crippen LogP contribution in [0, 0.1) is 0 Å². The molecule has 0 bridgehead atoms. The van der Waals surface area contributed by atoms with Crippen LogP contribution in [0.4, 0.5) is 5.69 Å². The lowest BCUT2D eigenvalue weighted by molar-refractivity contribution is 0.0918. The molecule has 1 aromatic carbocycles. The normalized spacial score (nSPS) is 14.8. The van der Waals surface area contributed by atoms with Crippen molar-refractivity contribution in [3.8, 4) is 0 Å². The van der Waals surface area contributed by atoms with Crippen molar-refractivity contribution < 1.29 is 17.6 Å². The molecule has 0 unspecified atom stereocenters. The van der Waals surface area contributed by atoms with Crippen molar-refractivity contribution in [2.45, 2.75) is 24.5 Å². The lowest BCUT2D eigenvalue weighted by atomic mass is 10.2. The van der Waals surface area contributed by atoms with Crippen LogP contribution in [0.3, 0.4) is 0 Å². The summed E-state index contributed by atoms with van der Waals surface area (Å²) in [7, 11) is -3.95. The van der Waals surface area contributed by atoms with Crippen LogP contribution in [0.25, 0.3) is 0 Å². The fraction of sp³-hybridized carbons (Fsp3) is 0.312. The van der Waals surface area contributed by atoms with Crippen molar-refractivity contribution in [2.75, 3.05) is 18.0 Å². The number of nitrogens with one attached hydrogen (secondary N) is 1. The minimum atomic E-state index is -3.95. The maximum atomic E-state index is 12.0. The lowest BCUT2D eigenvalue weighted by Crippen LogP contribution is -2.22. The van der Waals surface area contributed by atoms with Crippen LogP contribution in [0.2, 0.25) is 0 Å². The Morgan fingerprint density at radius 2 is 1.79 bits per heavy atom. The molecule has 0 spiro atoms. The summed E-state index contributed by atoms with van der Waals surface area (Å²) in [4.78, 5) is 14.3. The van der Waals surface area contributed by atoms with E-state index in [1.165, 1.54) is 24.6 Å². The van der Waals surface area contributed by atoms with Crippen molar-refractivity contribution >= 4 is 21.6 Å². The summed E-state index contributed by atoms with van der Waals surface area (Å²) in [6.07, 6.45) is 2.45. The number of amides is 1. The fourth-order valence-electron chi connectivity index (χ4n) is 2.66. The molecule has 3 rings (SSSR count). The Kier molecular flexibility index (Phi) is 4.59. The van der Waals surface area contributed by atoms with Crippen molar-refractivity contribution in [1.82, 2.24) is 5.32 Å². The number of hydrogen-bond acceptors (Lipinski definition) is 5. The fourth-order valence-corrected chi connectivity index (χ4v) is 3.13. The molecule has 7 nitrogen and oxygen atoms in total. The van der Waals surface area contributed by atoms with Gasteiger partial charge in [-0.15, -0.1) is 0 Å². The van der Waals surface area contributed by atoms with Crippen LogP contribution in [-0.2, 0) is 16.6 Å². The van der Waals surface area contributed by atoms with Crippen LogP contribution in [0.1, 0.15) is 29.0 Å². The molecule has 1 amide bonds. The van der Waals surface area contributed by atoms with E-state index in [9.17, 15) is 13.2 Å². The van der Waals surface area contributed by atoms with E-state index in [-0.39, 0.29) is 5.76 Å². The van der Waals surface area contributed by atoms with Gasteiger partial charge in [0, 0.05) is 25.3 Å². The molecule has 2 heterocycles. The monoisotopic (exact) mass is 349 g/mol. The molecule has 0 aliphatic carbocycles. The molecule has 8 heteroatoms. The highest BCUT2D eigenvalue weighted by atomic mass is 32.2. The third-order valence-electron chi connectivity index (χ3n) is 3.95. The zero-order chi connectivity index (χ0) is 17.2. The molecule has 0 radical (unpaired) electrons. The molecule has 128 valence electrons. The second kappa shape index (κ2) is 6.66. The van der Waals surface area contributed by atoms with Gasteiger partial charge >= 0.3 is 0 Å². The summed E-state index contributed by atoms with van der Waals surface area (Å²) in [6.45, 7) is 2.49. The Bertz CT molecular complexity index is 821. The third kappa shape index (κ3) is 3.77. The Hall–Kier alpha value is -2.32. The number of rotatable bonds is 5. The molecule has 1 fully saturated rings. The van der Waals surface area contributed by atoms with Gasteiger partial charge in [-0.2, -0.15) is 0 Å². The molecular formula is C16H19N3O4S. The van der Waals surface area contributed by atoms with Gasteiger partial charge < -0.3 is 14.6 Å². The van der Waals surface area contributed by atoms with Crippen LogP contribution >= 0.6 is 0 Å². The average Bonchev–Trinajstić information content (AvgIpc) is 3.23. The van der Waals surface area contributed by atoms with E-state index in [1.807, 2.05) is 24.3 Å². The summed E-state index contributed by atoms with van der Waals surface area (Å²) < 4.78 is 27.2. The van der Waals surface area contributed by atoms with E-state index in [4.69, 9.17) is 9.56 Å². The number of primary sulfonamides is 1. The first-order chi connectivity index (χ1) is 11.4. The van der Waals surface area contributed by atoms with E-state index in [1.54, 1.807) is 0 Å². The third-order valence-corrected chi connectivity index (χ3v) is 4.73. The number of furan rings is 1. The number of nitrogens with zero attached hydrogens (tertiary/aromatic N) is 1. The molecule has 1 aromatic heterocycles. The van der Waals surface area contributed by atoms with Gasteiger partial charge in [-0.3, -0.25) is 4.79 Å². The second-order valence-corrected chi connectivity index (χ2v) is 7.20. The molecule has 0 saturated carbocycles. The Balaban J connectivity index is 1.59. The SMILES string of the molecule is NS(=O)(=O)c1ccc(C(=O)NCc2ccc(N3CCCC3)cc2)o1. The molecule has 1 saturated heterocycles. The molecule has 3 N–H and O–H groups in total. The van der Waals surface area contributed by atoms with Crippen molar-refractivity contribution in [2.24, 2.45) is 5.14 Å². The van der Waals surface area contributed by atoms with Gasteiger partial charge in [-0.1, -0.05) is 12.1 Å². The Morgan fingerprint density at radius 3 is 2.38 bits per heavy atom. The average molecular weight is 349 g/mol. The first-order valence-electron chi connectivity index (χ1n) is 7.68. The number of sulfonamides is 1. The maximum Gasteiger partial charge on any atom is 0.287 e. The van der Waals surface area contributed by atoms with Gasteiger partial charge in [0.05, 0.1) is 0 Å². The highest BCUT2D eigenvalue weighted by Crippen LogP contribution is 2.20. The minimum absolute atomic E-state index is 0.0901. The van der Waals surface area contributed by atoms with Gasteiger partial charge in [-0.25, -0.2) is 13.6 Å². The number of anilines is 1. The summed E-state index contributed by atoms with van der Waals surface area (Å²) in [5.41, 5.74) is 2.14. The first-order valence-corrected chi connectivity index (χ1v) is 9.23. The molecule has 0 atom stereocenters. The van der Waals surface area contributed by atoms with E-state index in [0.717, 1.165) is 24.7 Å². The summed E-state index contributed by atoms with van der Waals surface area (Å²) in [6, 6.07) is 10.5. The van der Waals surface area contributed by atoms with E-state index in [2.05, 4.69) is 10.2 Å². The van der Waals surface area contributed by atoms with Crippen LogP contribution in [-0.4, -0.2) is 27.4 Å². The molecule has 1 aliphatic rings.